The lowest BCUT2D eigenvalue weighted by atomic mass is 10.1. The van der Waals surface area contributed by atoms with Crippen LogP contribution in [0.2, 0.25) is 0 Å². The number of oxime groups is 1. The van der Waals surface area contributed by atoms with Gasteiger partial charge in [0, 0.05) is 17.5 Å². The molecular formula is C8H10N2O2S. The topological polar surface area (TPSA) is 65.7 Å². The predicted molar refractivity (Wildman–Crippen MR) is 52.7 cm³/mol. The minimum atomic E-state index is 0.0318. The monoisotopic (exact) mass is 198 g/mol. The van der Waals surface area contributed by atoms with Crippen LogP contribution in [0.1, 0.15) is 16.8 Å². The van der Waals surface area contributed by atoms with Crippen molar-refractivity contribution in [3.05, 3.63) is 23.0 Å². The number of thiol groups is 1. The standard InChI is InChI=1S/C8H10N2O2S/c1-5-8(11)7(3-10-12)6(4-13)2-9-5/h2-3,11-13H,4H2,1H3. The van der Waals surface area contributed by atoms with E-state index in [4.69, 9.17) is 5.21 Å². The van der Waals surface area contributed by atoms with Crippen LogP contribution in [0, 0.1) is 6.92 Å². The normalized spacial score (nSPS) is 10.9. The molecule has 70 valence electrons. The number of aromatic hydroxyl groups is 1. The Morgan fingerprint density at radius 3 is 2.92 bits per heavy atom. The van der Waals surface area contributed by atoms with Crippen LogP contribution in [0.5, 0.6) is 5.75 Å². The average molecular weight is 198 g/mol. The highest BCUT2D eigenvalue weighted by atomic mass is 32.1. The van der Waals surface area contributed by atoms with Crippen molar-refractivity contribution in [3.8, 4) is 5.75 Å². The number of aromatic nitrogens is 1. The summed E-state index contributed by atoms with van der Waals surface area (Å²) < 4.78 is 0. The van der Waals surface area contributed by atoms with Crippen LogP contribution < -0.4 is 0 Å². The molecular weight excluding hydrogens is 188 g/mol. The molecule has 0 atom stereocenters. The van der Waals surface area contributed by atoms with E-state index in [-0.39, 0.29) is 5.75 Å². The molecule has 1 rings (SSSR count). The maximum atomic E-state index is 9.54. The molecule has 0 aromatic carbocycles. The number of rotatable bonds is 2. The van der Waals surface area contributed by atoms with Crippen molar-refractivity contribution >= 4 is 18.8 Å². The van der Waals surface area contributed by atoms with Crippen LogP contribution in [-0.2, 0) is 5.75 Å². The van der Waals surface area contributed by atoms with Crippen molar-refractivity contribution in [3.63, 3.8) is 0 Å². The van der Waals surface area contributed by atoms with Gasteiger partial charge in [-0.1, -0.05) is 5.16 Å². The Hall–Kier alpha value is -1.23. The zero-order valence-corrected chi connectivity index (χ0v) is 7.99. The van der Waals surface area contributed by atoms with Gasteiger partial charge in [-0.15, -0.1) is 0 Å². The number of pyridine rings is 1. The van der Waals surface area contributed by atoms with E-state index in [2.05, 4.69) is 22.8 Å². The second-order valence-corrected chi connectivity index (χ2v) is 2.85. The smallest absolute Gasteiger partial charge is 0.145 e. The highest BCUT2D eigenvalue weighted by Gasteiger charge is 2.08. The average Bonchev–Trinajstić information content (AvgIpc) is 2.14. The quantitative estimate of drug-likeness (QED) is 0.291. The van der Waals surface area contributed by atoms with Crippen molar-refractivity contribution in [1.29, 1.82) is 0 Å². The number of aryl methyl sites for hydroxylation is 1. The lowest BCUT2D eigenvalue weighted by molar-refractivity contribution is 0.321. The molecule has 0 aliphatic carbocycles. The van der Waals surface area contributed by atoms with E-state index < -0.39 is 0 Å². The van der Waals surface area contributed by atoms with E-state index >= 15 is 0 Å². The van der Waals surface area contributed by atoms with Gasteiger partial charge in [0.2, 0.25) is 0 Å². The number of hydrogen-bond acceptors (Lipinski definition) is 5. The molecule has 0 saturated heterocycles. The van der Waals surface area contributed by atoms with Gasteiger partial charge in [-0.2, -0.15) is 12.6 Å². The third-order valence-electron chi connectivity index (χ3n) is 1.71. The van der Waals surface area contributed by atoms with Gasteiger partial charge in [0.15, 0.2) is 0 Å². The first-order chi connectivity index (χ1) is 6.20. The highest BCUT2D eigenvalue weighted by Crippen LogP contribution is 2.22. The summed E-state index contributed by atoms with van der Waals surface area (Å²) in [5.74, 6) is 0.465. The van der Waals surface area contributed by atoms with Gasteiger partial charge in [0.1, 0.15) is 5.75 Å². The number of nitrogens with zero attached hydrogens (tertiary/aromatic N) is 2. The van der Waals surface area contributed by atoms with E-state index in [1.165, 1.54) is 6.21 Å². The molecule has 13 heavy (non-hydrogen) atoms. The molecule has 0 spiro atoms. The summed E-state index contributed by atoms with van der Waals surface area (Å²) in [5, 5.41) is 20.8. The molecule has 0 aliphatic rings. The maximum Gasteiger partial charge on any atom is 0.145 e. The van der Waals surface area contributed by atoms with Crippen LogP contribution in [0.25, 0.3) is 0 Å². The van der Waals surface area contributed by atoms with Gasteiger partial charge in [-0.05, 0) is 12.5 Å². The SMILES string of the molecule is Cc1ncc(CS)c(C=NO)c1O. The molecule has 1 aromatic rings. The zero-order chi connectivity index (χ0) is 9.84. The molecule has 0 aliphatic heterocycles. The van der Waals surface area contributed by atoms with Crippen LogP contribution in [-0.4, -0.2) is 21.5 Å². The molecule has 0 amide bonds. The van der Waals surface area contributed by atoms with Crippen molar-refractivity contribution in [2.45, 2.75) is 12.7 Å². The van der Waals surface area contributed by atoms with E-state index in [0.717, 1.165) is 5.56 Å². The first kappa shape index (κ1) is 9.85. The minimum Gasteiger partial charge on any atom is -0.505 e. The zero-order valence-electron chi connectivity index (χ0n) is 7.10. The van der Waals surface area contributed by atoms with Gasteiger partial charge in [-0.3, -0.25) is 4.98 Å². The van der Waals surface area contributed by atoms with Crippen LogP contribution >= 0.6 is 12.6 Å². The maximum absolute atomic E-state index is 9.54. The molecule has 0 unspecified atom stereocenters. The molecule has 2 N–H and O–H groups in total. The third-order valence-corrected chi connectivity index (χ3v) is 2.06. The van der Waals surface area contributed by atoms with Crippen LogP contribution in [0.3, 0.4) is 0 Å². The van der Waals surface area contributed by atoms with E-state index in [9.17, 15) is 5.11 Å². The molecule has 0 radical (unpaired) electrons. The molecule has 1 heterocycles. The summed E-state index contributed by atoms with van der Waals surface area (Å²) in [7, 11) is 0. The van der Waals surface area contributed by atoms with Crippen molar-refractivity contribution in [1.82, 2.24) is 4.98 Å². The van der Waals surface area contributed by atoms with Crippen molar-refractivity contribution in [2.75, 3.05) is 0 Å². The lowest BCUT2D eigenvalue weighted by Crippen LogP contribution is -1.95. The minimum absolute atomic E-state index is 0.0318. The van der Waals surface area contributed by atoms with Crippen molar-refractivity contribution in [2.24, 2.45) is 5.16 Å². The summed E-state index contributed by atoms with van der Waals surface area (Å²) in [6.07, 6.45) is 2.77. The Morgan fingerprint density at radius 1 is 1.69 bits per heavy atom. The summed E-state index contributed by atoms with van der Waals surface area (Å²) in [4.78, 5) is 3.95. The highest BCUT2D eigenvalue weighted by molar-refractivity contribution is 7.79. The first-order valence-corrected chi connectivity index (χ1v) is 4.29. The van der Waals surface area contributed by atoms with Gasteiger partial charge >= 0.3 is 0 Å². The molecule has 5 heteroatoms. The van der Waals surface area contributed by atoms with Gasteiger partial charge in [-0.25, -0.2) is 0 Å². The number of hydrogen-bond donors (Lipinski definition) is 3. The summed E-state index contributed by atoms with van der Waals surface area (Å²) in [6.45, 7) is 1.67. The van der Waals surface area contributed by atoms with Crippen LogP contribution in [0.4, 0.5) is 0 Å². The van der Waals surface area contributed by atoms with Crippen molar-refractivity contribution < 1.29 is 10.3 Å². The Labute approximate surface area is 81.3 Å². The molecule has 4 nitrogen and oxygen atoms in total. The fraction of sp³-hybridized carbons (Fsp3) is 0.250. The van der Waals surface area contributed by atoms with Gasteiger partial charge in [0.25, 0.3) is 0 Å². The Morgan fingerprint density at radius 2 is 2.38 bits per heavy atom. The third kappa shape index (κ3) is 1.92. The van der Waals surface area contributed by atoms with E-state index in [1.54, 1.807) is 13.1 Å². The molecule has 0 bridgehead atoms. The Balaban J connectivity index is 3.32. The van der Waals surface area contributed by atoms with E-state index in [0.29, 0.717) is 17.0 Å². The summed E-state index contributed by atoms with van der Waals surface area (Å²) in [6, 6.07) is 0. The Kier molecular flexibility index (Phi) is 3.13. The molecule has 0 saturated carbocycles. The first-order valence-electron chi connectivity index (χ1n) is 3.66. The fourth-order valence-corrected chi connectivity index (χ4v) is 1.23. The van der Waals surface area contributed by atoms with Crippen LogP contribution in [0.15, 0.2) is 11.4 Å². The lowest BCUT2D eigenvalue weighted by Gasteiger charge is -2.05. The predicted octanol–water partition coefficient (Wildman–Crippen LogP) is 1.33. The largest absolute Gasteiger partial charge is 0.505 e. The fourth-order valence-electron chi connectivity index (χ4n) is 0.980. The molecule has 0 fully saturated rings. The second kappa shape index (κ2) is 4.13. The summed E-state index contributed by atoms with van der Waals surface area (Å²) >= 11 is 4.06. The molecule has 1 aromatic heterocycles. The van der Waals surface area contributed by atoms with E-state index in [1.807, 2.05) is 0 Å². The Bertz CT molecular complexity index is 339. The summed E-state index contributed by atoms with van der Waals surface area (Å²) in [5.41, 5.74) is 1.69. The second-order valence-electron chi connectivity index (χ2n) is 2.53. The van der Waals surface area contributed by atoms with Gasteiger partial charge < -0.3 is 10.3 Å². The van der Waals surface area contributed by atoms with Gasteiger partial charge in [0.05, 0.1) is 11.9 Å².